The van der Waals surface area contributed by atoms with E-state index in [4.69, 9.17) is 5.11 Å². The van der Waals surface area contributed by atoms with E-state index in [0.29, 0.717) is 18.5 Å². The molecule has 1 aliphatic rings. The first kappa shape index (κ1) is 12.6. The van der Waals surface area contributed by atoms with Gasteiger partial charge in [0.1, 0.15) is 0 Å². The van der Waals surface area contributed by atoms with Gasteiger partial charge in [0.2, 0.25) is 0 Å². The summed E-state index contributed by atoms with van der Waals surface area (Å²) in [6.07, 6.45) is 4.99. The van der Waals surface area contributed by atoms with Crippen LogP contribution in [0.25, 0.3) is 0 Å². The number of rotatable bonds is 6. The number of thioether (sulfide) groups is 1. The summed E-state index contributed by atoms with van der Waals surface area (Å²) in [6.45, 7) is 3.54. The Bertz CT molecular complexity index is 235. The van der Waals surface area contributed by atoms with Crippen LogP contribution in [0.1, 0.15) is 26.2 Å². The average molecular weight is 229 g/mol. The highest BCUT2D eigenvalue weighted by Crippen LogP contribution is 2.25. The lowest BCUT2D eigenvalue weighted by atomic mass is 10.2. The third-order valence-corrected chi connectivity index (χ3v) is 3.94. The summed E-state index contributed by atoms with van der Waals surface area (Å²) >= 11 is 2.01. The predicted octanol–water partition coefficient (Wildman–Crippen LogP) is 1.89. The van der Waals surface area contributed by atoms with Crippen LogP contribution < -0.4 is 5.32 Å². The van der Waals surface area contributed by atoms with E-state index in [9.17, 15) is 4.79 Å². The van der Waals surface area contributed by atoms with Gasteiger partial charge in [-0.15, -0.1) is 0 Å². The highest BCUT2D eigenvalue weighted by Gasteiger charge is 2.14. The van der Waals surface area contributed by atoms with Crippen molar-refractivity contribution >= 4 is 17.7 Å². The Balaban J connectivity index is 2.16. The third kappa shape index (κ3) is 4.71. The molecule has 1 aliphatic heterocycles. The molecule has 86 valence electrons. The van der Waals surface area contributed by atoms with Crippen LogP contribution in [-0.2, 0) is 4.79 Å². The topological polar surface area (TPSA) is 49.3 Å². The quantitative estimate of drug-likeness (QED) is 0.539. The molecule has 1 heterocycles. The van der Waals surface area contributed by atoms with Crippen molar-refractivity contribution in [1.29, 1.82) is 0 Å². The van der Waals surface area contributed by atoms with Crippen molar-refractivity contribution in [3.8, 4) is 0 Å². The first-order valence-electron chi connectivity index (χ1n) is 5.48. The van der Waals surface area contributed by atoms with Crippen molar-refractivity contribution in [3.05, 3.63) is 11.6 Å². The largest absolute Gasteiger partial charge is 0.478 e. The van der Waals surface area contributed by atoms with E-state index in [1.165, 1.54) is 18.6 Å². The number of aliphatic carboxylic acids is 1. The summed E-state index contributed by atoms with van der Waals surface area (Å²) in [7, 11) is 0. The average Bonchev–Trinajstić information content (AvgIpc) is 2.70. The number of carbonyl (C=O) groups is 1. The number of carboxylic acid groups (broad SMARTS) is 1. The van der Waals surface area contributed by atoms with Gasteiger partial charge in [-0.05, 0) is 25.0 Å². The van der Waals surface area contributed by atoms with Crippen molar-refractivity contribution in [3.63, 3.8) is 0 Å². The Kier molecular flexibility index (Phi) is 5.79. The van der Waals surface area contributed by atoms with Gasteiger partial charge in [-0.1, -0.05) is 13.0 Å². The van der Waals surface area contributed by atoms with Crippen LogP contribution in [-0.4, -0.2) is 35.2 Å². The number of nitrogens with one attached hydrogen (secondary N) is 1. The molecule has 0 aromatic carbocycles. The summed E-state index contributed by atoms with van der Waals surface area (Å²) in [4.78, 5) is 10.7. The maximum Gasteiger partial charge on any atom is 0.331 e. The fourth-order valence-corrected chi connectivity index (χ4v) is 2.86. The normalized spacial score (nSPS) is 21.9. The fourth-order valence-electron chi connectivity index (χ4n) is 1.63. The van der Waals surface area contributed by atoms with Crippen LogP contribution in [0.3, 0.4) is 0 Å². The van der Waals surface area contributed by atoms with E-state index in [1.807, 2.05) is 18.7 Å². The first-order chi connectivity index (χ1) is 7.24. The summed E-state index contributed by atoms with van der Waals surface area (Å²) < 4.78 is 0. The second-order valence-corrected chi connectivity index (χ2v) is 5.09. The van der Waals surface area contributed by atoms with Gasteiger partial charge >= 0.3 is 5.97 Å². The summed E-state index contributed by atoms with van der Waals surface area (Å²) in [5.41, 5.74) is 0.501. The Morgan fingerprint density at radius 2 is 2.47 bits per heavy atom. The van der Waals surface area contributed by atoms with Crippen molar-refractivity contribution in [2.24, 2.45) is 0 Å². The molecule has 1 saturated heterocycles. The molecule has 15 heavy (non-hydrogen) atoms. The molecular weight excluding hydrogens is 210 g/mol. The molecule has 4 heteroatoms. The minimum atomic E-state index is -0.797. The minimum absolute atomic E-state index is 0.501. The van der Waals surface area contributed by atoms with Gasteiger partial charge < -0.3 is 10.4 Å². The Morgan fingerprint density at radius 1 is 1.67 bits per heavy atom. The Morgan fingerprint density at radius 3 is 3.00 bits per heavy atom. The van der Waals surface area contributed by atoms with Gasteiger partial charge in [0.15, 0.2) is 0 Å². The summed E-state index contributed by atoms with van der Waals surface area (Å²) in [5, 5.41) is 12.8. The first-order valence-corrected chi connectivity index (χ1v) is 6.53. The molecule has 0 aliphatic carbocycles. The van der Waals surface area contributed by atoms with Gasteiger partial charge in [-0.3, -0.25) is 0 Å². The number of hydrogen-bond acceptors (Lipinski definition) is 3. The van der Waals surface area contributed by atoms with Gasteiger partial charge in [0.05, 0.1) is 0 Å². The predicted molar refractivity (Wildman–Crippen MR) is 64.4 cm³/mol. The molecule has 0 aromatic heterocycles. The van der Waals surface area contributed by atoms with Crippen molar-refractivity contribution in [2.45, 2.75) is 31.4 Å². The molecule has 0 spiro atoms. The Labute approximate surface area is 95.3 Å². The SMILES string of the molecule is CCC(=CCNCC1CCCS1)C(=O)O. The highest BCUT2D eigenvalue weighted by molar-refractivity contribution is 8.00. The Hall–Kier alpha value is -0.480. The summed E-state index contributed by atoms with van der Waals surface area (Å²) in [5.74, 6) is 0.479. The zero-order valence-electron chi connectivity index (χ0n) is 9.16. The van der Waals surface area contributed by atoms with Gasteiger partial charge in [0, 0.05) is 23.9 Å². The molecule has 0 aromatic rings. The van der Waals surface area contributed by atoms with Gasteiger partial charge in [0.25, 0.3) is 0 Å². The van der Waals surface area contributed by atoms with E-state index in [-0.39, 0.29) is 0 Å². The monoisotopic (exact) mass is 229 g/mol. The lowest BCUT2D eigenvalue weighted by Gasteiger charge is -2.08. The molecule has 3 nitrogen and oxygen atoms in total. The van der Waals surface area contributed by atoms with Crippen LogP contribution in [0.15, 0.2) is 11.6 Å². The molecule has 0 bridgehead atoms. The third-order valence-electron chi connectivity index (χ3n) is 2.54. The smallest absolute Gasteiger partial charge is 0.331 e. The maximum absolute atomic E-state index is 10.7. The number of carboxylic acids is 1. The molecule has 1 unspecified atom stereocenters. The number of hydrogen-bond donors (Lipinski definition) is 2. The summed E-state index contributed by atoms with van der Waals surface area (Å²) in [6, 6.07) is 0. The van der Waals surface area contributed by atoms with Crippen LogP contribution in [0.5, 0.6) is 0 Å². The molecule has 0 radical (unpaired) electrons. The van der Waals surface area contributed by atoms with Crippen LogP contribution in [0.2, 0.25) is 0 Å². The lowest BCUT2D eigenvalue weighted by Crippen LogP contribution is -2.23. The van der Waals surface area contributed by atoms with Gasteiger partial charge in [-0.2, -0.15) is 11.8 Å². The molecule has 1 rings (SSSR count). The molecule has 1 atom stereocenters. The fraction of sp³-hybridized carbons (Fsp3) is 0.727. The van der Waals surface area contributed by atoms with Crippen molar-refractivity contribution < 1.29 is 9.90 Å². The van der Waals surface area contributed by atoms with E-state index in [1.54, 1.807) is 6.08 Å². The van der Waals surface area contributed by atoms with Crippen molar-refractivity contribution in [1.82, 2.24) is 5.32 Å². The molecule has 2 N–H and O–H groups in total. The standard InChI is InChI=1S/C11H19NO2S/c1-2-9(11(13)14)5-6-12-8-10-4-3-7-15-10/h5,10,12H,2-4,6-8H2,1H3,(H,13,14). The van der Waals surface area contributed by atoms with E-state index in [2.05, 4.69) is 5.32 Å². The maximum atomic E-state index is 10.7. The van der Waals surface area contributed by atoms with E-state index < -0.39 is 5.97 Å². The van der Waals surface area contributed by atoms with Crippen LogP contribution in [0, 0.1) is 0 Å². The van der Waals surface area contributed by atoms with E-state index in [0.717, 1.165) is 11.8 Å². The van der Waals surface area contributed by atoms with Gasteiger partial charge in [-0.25, -0.2) is 4.79 Å². The molecule has 0 amide bonds. The zero-order chi connectivity index (χ0) is 11.1. The van der Waals surface area contributed by atoms with Crippen molar-refractivity contribution in [2.75, 3.05) is 18.8 Å². The molecular formula is C11H19NO2S. The zero-order valence-corrected chi connectivity index (χ0v) is 9.98. The minimum Gasteiger partial charge on any atom is -0.478 e. The lowest BCUT2D eigenvalue weighted by molar-refractivity contribution is -0.132. The highest BCUT2D eigenvalue weighted by atomic mass is 32.2. The second-order valence-electron chi connectivity index (χ2n) is 3.68. The van der Waals surface area contributed by atoms with E-state index >= 15 is 0 Å². The van der Waals surface area contributed by atoms with Crippen LogP contribution >= 0.6 is 11.8 Å². The molecule has 0 saturated carbocycles. The second kappa shape index (κ2) is 6.90. The van der Waals surface area contributed by atoms with Crippen LogP contribution in [0.4, 0.5) is 0 Å². The molecule has 1 fully saturated rings.